The molecule has 1 aromatic heterocycles. The third-order valence-corrected chi connectivity index (χ3v) is 4.47. The zero-order chi connectivity index (χ0) is 21.7. The van der Waals surface area contributed by atoms with Gasteiger partial charge in [0, 0.05) is 23.9 Å². The number of carbonyl (C=O) groups is 1. The minimum absolute atomic E-state index is 0.0245. The van der Waals surface area contributed by atoms with Gasteiger partial charge in [-0.2, -0.15) is 0 Å². The first-order chi connectivity index (χ1) is 14.4. The number of aliphatic hydroxyl groups excluding tert-OH is 1. The summed E-state index contributed by atoms with van der Waals surface area (Å²) in [7, 11) is 1.49. The molecule has 0 radical (unpaired) electrons. The molecule has 0 saturated heterocycles. The standard InChI is InChI=1S/C21H17ClN2O6/c1-29-20-11-14(4-6-16(20)19-8-5-15(12-25)30-19)23-21(26)9-3-13-2-7-17(22)18(10-13)24(27)28/h2-11,25H,12H2,1H3,(H,23,26)/b9-3+. The van der Waals surface area contributed by atoms with Crippen molar-refractivity contribution in [3.63, 3.8) is 0 Å². The number of furan rings is 1. The summed E-state index contributed by atoms with van der Waals surface area (Å²) < 4.78 is 10.9. The molecule has 3 aromatic rings. The Morgan fingerprint density at radius 3 is 2.73 bits per heavy atom. The molecule has 9 heteroatoms. The molecule has 1 heterocycles. The first-order valence-corrected chi connectivity index (χ1v) is 9.10. The minimum Gasteiger partial charge on any atom is -0.496 e. The molecule has 30 heavy (non-hydrogen) atoms. The van der Waals surface area contributed by atoms with Crippen LogP contribution in [-0.4, -0.2) is 23.0 Å². The zero-order valence-electron chi connectivity index (χ0n) is 15.8. The van der Waals surface area contributed by atoms with Gasteiger partial charge in [0.25, 0.3) is 5.69 Å². The molecule has 0 fully saturated rings. The van der Waals surface area contributed by atoms with E-state index in [2.05, 4.69) is 5.32 Å². The third-order valence-electron chi connectivity index (χ3n) is 4.15. The highest BCUT2D eigenvalue weighted by atomic mass is 35.5. The van der Waals surface area contributed by atoms with Crippen LogP contribution in [0.25, 0.3) is 17.4 Å². The average Bonchev–Trinajstić information content (AvgIpc) is 3.22. The van der Waals surface area contributed by atoms with Crippen LogP contribution in [-0.2, 0) is 11.4 Å². The van der Waals surface area contributed by atoms with Crippen LogP contribution >= 0.6 is 11.6 Å². The first kappa shape index (κ1) is 21.1. The second kappa shape index (κ2) is 9.25. The second-order valence-electron chi connectivity index (χ2n) is 6.13. The van der Waals surface area contributed by atoms with Crippen LogP contribution in [0.4, 0.5) is 11.4 Å². The van der Waals surface area contributed by atoms with Crippen molar-refractivity contribution >= 4 is 35.0 Å². The lowest BCUT2D eigenvalue weighted by Crippen LogP contribution is -2.07. The monoisotopic (exact) mass is 428 g/mol. The normalized spacial score (nSPS) is 10.9. The average molecular weight is 429 g/mol. The summed E-state index contributed by atoms with van der Waals surface area (Å²) in [5, 5.41) is 22.8. The summed E-state index contributed by atoms with van der Waals surface area (Å²) in [5.41, 5.74) is 1.38. The number of nitro benzene ring substituents is 1. The molecule has 0 aliphatic heterocycles. The fraction of sp³-hybridized carbons (Fsp3) is 0.0952. The van der Waals surface area contributed by atoms with Crippen LogP contribution in [0.3, 0.4) is 0 Å². The van der Waals surface area contributed by atoms with Gasteiger partial charge >= 0.3 is 0 Å². The maximum Gasteiger partial charge on any atom is 0.288 e. The number of amides is 1. The van der Waals surface area contributed by atoms with Gasteiger partial charge in [-0.05, 0) is 42.0 Å². The van der Waals surface area contributed by atoms with E-state index in [0.717, 1.165) is 0 Å². The molecule has 3 rings (SSSR count). The first-order valence-electron chi connectivity index (χ1n) is 8.72. The van der Waals surface area contributed by atoms with Crippen LogP contribution in [0, 0.1) is 10.1 Å². The quantitative estimate of drug-likeness (QED) is 0.321. The predicted octanol–water partition coefficient (Wildman–Crippen LogP) is 4.66. The van der Waals surface area contributed by atoms with E-state index < -0.39 is 10.8 Å². The van der Waals surface area contributed by atoms with E-state index in [4.69, 9.17) is 25.9 Å². The number of carbonyl (C=O) groups excluding carboxylic acids is 1. The number of hydrogen-bond donors (Lipinski definition) is 2. The van der Waals surface area contributed by atoms with Gasteiger partial charge in [-0.3, -0.25) is 14.9 Å². The lowest BCUT2D eigenvalue weighted by molar-refractivity contribution is -0.384. The summed E-state index contributed by atoms with van der Waals surface area (Å²) in [5.74, 6) is 1.00. The van der Waals surface area contributed by atoms with Gasteiger partial charge in [-0.1, -0.05) is 17.7 Å². The van der Waals surface area contributed by atoms with Gasteiger partial charge < -0.3 is 19.6 Å². The number of halogens is 1. The maximum absolute atomic E-state index is 12.2. The van der Waals surface area contributed by atoms with E-state index in [1.165, 1.54) is 31.4 Å². The molecule has 1 amide bonds. The zero-order valence-corrected chi connectivity index (χ0v) is 16.6. The Labute approximate surface area is 176 Å². The van der Waals surface area contributed by atoms with E-state index >= 15 is 0 Å². The highest BCUT2D eigenvalue weighted by Crippen LogP contribution is 2.33. The molecular formula is C21H17ClN2O6. The number of methoxy groups -OCH3 is 1. The molecule has 154 valence electrons. The van der Waals surface area contributed by atoms with Crippen LogP contribution in [0.5, 0.6) is 5.75 Å². The Balaban J connectivity index is 1.74. The van der Waals surface area contributed by atoms with E-state index in [9.17, 15) is 14.9 Å². The number of ether oxygens (including phenoxy) is 1. The van der Waals surface area contributed by atoms with Gasteiger partial charge in [-0.25, -0.2) is 0 Å². The number of nitrogens with one attached hydrogen (secondary N) is 1. The van der Waals surface area contributed by atoms with Crippen LogP contribution < -0.4 is 10.1 Å². The number of hydrogen-bond acceptors (Lipinski definition) is 6. The second-order valence-corrected chi connectivity index (χ2v) is 6.54. The van der Waals surface area contributed by atoms with Crippen LogP contribution in [0.1, 0.15) is 11.3 Å². The fourth-order valence-corrected chi connectivity index (χ4v) is 2.90. The molecule has 8 nitrogen and oxygen atoms in total. The van der Waals surface area contributed by atoms with Gasteiger partial charge in [0.1, 0.15) is 28.9 Å². The minimum atomic E-state index is -0.587. The van der Waals surface area contributed by atoms with Gasteiger partial charge in [0.15, 0.2) is 0 Å². The van der Waals surface area contributed by atoms with E-state index in [0.29, 0.717) is 34.1 Å². The summed E-state index contributed by atoms with van der Waals surface area (Å²) in [6, 6.07) is 12.7. The van der Waals surface area contributed by atoms with Crippen molar-refractivity contribution in [2.45, 2.75) is 6.61 Å². The topological polar surface area (TPSA) is 115 Å². The molecule has 2 N–H and O–H groups in total. The highest BCUT2D eigenvalue weighted by molar-refractivity contribution is 6.32. The van der Waals surface area contributed by atoms with Crippen molar-refractivity contribution in [3.8, 4) is 17.1 Å². The number of rotatable bonds is 7. The number of anilines is 1. The van der Waals surface area contributed by atoms with Gasteiger partial charge in [-0.15, -0.1) is 0 Å². The summed E-state index contributed by atoms with van der Waals surface area (Å²) in [6.07, 6.45) is 2.71. The van der Waals surface area contributed by atoms with Gasteiger partial charge in [0.05, 0.1) is 17.6 Å². The molecule has 0 unspecified atom stereocenters. The van der Waals surface area contributed by atoms with Gasteiger partial charge in [0.2, 0.25) is 5.91 Å². The summed E-state index contributed by atoms with van der Waals surface area (Å²) in [6.45, 7) is -0.209. The Kier molecular flexibility index (Phi) is 6.51. The number of aliphatic hydroxyl groups is 1. The highest BCUT2D eigenvalue weighted by Gasteiger charge is 2.13. The lowest BCUT2D eigenvalue weighted by Gasteiger charge is -2.09. The largest absolute Gasteiger partial charge is 0.496 e. The Hall–Kier alpha value is -3.62. The molecule has 0 atom stereocenters. The molecule has 0 spiro atoms. The number of nitrogens with zero attached hydrogens (tertiary/aromatic N) is 1. The lowest BCUT2D eigenvalue weighted by atomic mass is 10.1. The van der Waals surface area contributed by atoms with Crippen LogP contribution in [0.2, 0.25) is 5.02 Å². The van der Waals surface area contributed by atoms with Crippen molar-refractivity contribution in [2.24, 2.45) is 0 Å². The molecule has 2 aromatic carbocycles. The molecular weight excluding hydrogens is 412 g/mol. The van der Waals surface area contributed by atoms with Crippen molar-refractivity contribution in [1.29, 1.82) is 0 Å². The summed E-state index contributed by atoms with van der Waals surface area (Å²) in [4.78, 5) is 22.6. The van der Waals surface area contributed by atoms with E-state index in [1.54, 1.807) is 36.4 Å². The smallest absolute Gasteiger partial charge is 0.288 e. The Morgan fingerprint density at radius 1 is 1.27 bits per heavy atom. The number of nitro groups is 1. The van der Waals surface area contributed by atoms with Crippen molar-refractivity contribution in [3.05, 3.63) is 81.1 Å². The third kappa shape index (κ3) is 4.86. The Morgan fingerprint density at radius 2 is 2.07 bits per heavy atom. The fourth-order valence-electron chi connectivity index (χ4n) is 2.71. The molecule has 0 bridgehead atoms. The van der Waals surface area contributed by atoms with E-state index in [-0.39, 0.29) is 17.3 Å². The molecule has 0 saturated carbocycles. The maximum atomic E-state index is 12.2. The van der Waals surface area contributed by atoms with Crippen LogP contribution in [0.15, 0.2) is 59.0 Å². The van der Waals surface area contributed by atoms with Crippen molar-refractivity contribution in [1.82, 2.24) is 0 Å². The molecule has 0 aliphatic carbocycles. The SMILES string of the molecule is COc1cc(NC(=O)/C=C/c2ccc(Cl)c([N+](=O)[O-])c2)ccc1-c1ccc(CO)o1. The molecule has 0 aliphatic rings. The number of benzene rings is 2. The van der Waals surface area contributed by atoms with Crippen molar-refractivity contribution in [2.75, 3.05) is 12.4 Å². The van der Waals surface area contributed by atoms with Crippen molar-refractivity contribution < 1.29 is 24.0 Å². The summed E-state index contributed by atoms with van der Waals surface area (Å²) >= 11 is 5.78. The van der Waals surface area contributed by atoms with E-state index in [1.807, 2.05) is 0 Å². The predicted molar refractivity (Wildman–Crippen MR) is 112 cm³/mol. The Bertz CT molecular complexity index is 1120.